The fraction of sp³-hybridized carbons (Fsp3) is 0.333. The van der Waals surface area contributed by atoms with Crippen molar-refractivity contribution >= 4 is 27.6 Å². The van der Waals surface area contributed by atoms with Crippen molar-refractivity contribution in [2.45, 2.75) is 43.5 Å². The van der Waals surface area contributed by atoms with E-state index in [0.717, 1.165) is 25.7 Å². The first-order chi connectivity index (χ1) is 13.9. The van der Waals surface area contributed by atoms with E-state index in [1.165, 1.54) is 18.2 Å². The molecule has 2 N–H and O–H groups in total. The van der Waals surface area contributed by atoms with Crippen LogP contribution in [0.3, 0.4) is 0 Å². The summed E-state index contributed by atoms with van der Waals surface area (Å²) in [5.74, 6) is -0.843. The molecule has 2 aromatic carbocycles. The molecule has 0 saturated heterocycles. The Labute approximate surface area is 170 Å². The molecule has 1 amide bonds. The predicted molar refractivity (Wildman–Crippen MR) is 109 cm³/mol. The summed E-state index contributed by atoms with van der Waals surface area (Å²) in [5, 5.41) is 2.70. The lowest BCUT2D eigenvalue weighted by molar-refractivity contribution is 0.0499. The maximum Gasteiger partial charge on any atom is 0.338 e. The van der Waals surface area contributed by atoms with Gasteiger partial charge in [0.05, 0.1) is 17.1 Å². The third-order valence-electron chi connectivity index (χ3n) is 4.42. The van der Waals surface area contributed by atoms with Gasteiger partial charge in [-0.2, -0.15) is 0 Å². The van der Waals surface area contributed by atoms with Gasteiger partial charge < -0.3 is 10.1 Å². The highest BCUT2D eigenvalue weighted by molar-refractivity contribution is 7.89. The molecule has 1 fully saturated rings. The molecular formula is C21H24N2O5S. The van der Waals surface area contributed by atoms with Crippen LogP contribution in [0.5, 0.6) is 0 Å². The maximum absolute atomic E-state index is 12.5. The molecule has 0 spiro atoms. The van der Waals surface area contributed by atoms with Crippen molar-refractivity contribution in [3.8, 4) is 0 Å². The third-order valence-corrected chi connectivity index (χ3v) is 5.93. The zero-order valence-electron chi connectivity index (χ0n) is 16.2. The number of unbranched alkanes of at least 4 members (excludes halogenated alkanes) is 1. The van der Waals surface area contributed by atoms with Crippen molar-refractivity contribution in [2.24, 2.45) is 0 Å². The van der Waals surface area contributed by atoms with Gasteiger partial charge >= 0.3 is 5.97 Å². The van der Waals surface area contributed by atoms with Crippen LogP contribution >= 0.6 is 0 Å². The number of ether oxygens (including phenoxy) is 1. The molecule has 1 aliphatic rings. The summed E-state index contributed by atoms with van der Waals surface area (Å²) in [5.41, 5.74) is 1.12. The van der Waals surface area contributed by atoms with E-state index >= 15 is 0 Å². The number of nitrogens with one attached hydrogen (secondary N) is 2. The van der Waals surface area contributed by atoms with Gasteiger partial charge in [-0.1, -0.05) is 19.4 Å². The maximum atomic E-state index is 12.5. The van der Waals surface area contributed by atoms with Gasteiger partial charge in [0.15, 0.2) is 0 Å². The molecule has 29 heavy (non-hydrogen) atoms. The molecule has 2 aromatic rings. The molecule has 0 heterocycles. The van der Waals surface area contributed by atoms with E-state index in [1.54, 1.807) is 30.3 Å². The summed E-state index contributed by atoms with van der Waals surface area (Å²) in [4.78, 5) is 24.5. The highest BCUT2D eigenvalue weighted by atomic mass is 32.2. The van der Waals surface area contributed by atoms with Crippen LogP contribution < -0.4 is 10.0 Å². The van der Waals surface area contributed by atoms with E-state index < -0.39 is 21.9 Å². The summed E-state index contributed by atoms with van der Waals surface area (Å²) in [6, 6.07) is 12.2. The fourth-order valence-electron chi connectivity index (χ4n) is 2.58. The minimum absolute atomic E-state index is 0.00957. The van der Waals surface area contributed by atoms with Crippen molar-refractivity contribution in [3.05, 3.63) is 59.7 Å². The van der Waals surface area contributed by atoms with Crippen LogP contribution in [0.1, 0.15) is 53.3 Å². The summed E-state index contributed by atoms with van der Waals surface area (Å²) in [7, 11) is -3.63. The van der Waals surface area contributed by atoms with E-state index in [0.29, 0.717) is 17.9 Å². The average molecular weight is 416 g/mol. The SMILES string of the molecule is CCCCOC(=O)c1ccc(NC(=O)c2cccc(S(=O)(=O)NC3CC3)c2)cc1. The van der Waals surface area contributed by atoms with Crippen LogP contribution in [-0.4, -0.2) is 32.9 Å². The Morgan fingerprint density at radius 3 is 2.45 bits per heavy atom. The molecule has 0 unspecified atom stereocenters. The second kappa shape index (κ2) is 9.19. The molecular weight excluding hydrogens is 392 g/mol. The molecule has 0 atom stereocenters. The van der Waals surface area contributed by atoms with Gasteiger partial charge in [0.2, 0.25) is 10.0 Å². The van der Waals surface area contributed by atoms with Crippen LogP contribution in [0, 0.1) is 0 Å². The fourth-order valence-corrected chi connectivity index (χ4v) is 3.93. The van der Waals surface area contributed by atoms with Gasteiger partial charge in [-0.15, -0.1) is 0 Å². The zero-order chi connectivity index (χ0) is 20.9. The molecule has 1 aliphatic carbocycles. The normalized spacial score (nSPS) is 13.7. The standard InChI is InChI=1S/C21H24N2O5S/c1-2-3-13-28-21(25)15-7-9-17(10-8-15)22-20(24)16-5-4-6-19(14-16)29(26,27)23-18-11-12-18/h4-10,14,18,23H,2-3,11-13H2,1H3,(H,22,24). The quantitative estimate of drug-likeness (QED) is 0.482. The van der Waals surface area contributed by atoms with Crippen molar-refractivity contribution in [2.75, 3.05) is 11.9 Å². The summed E-state index contributed by atoms with van der Waals surface area (Å²) in [6.07, 6.45) is 3.42. The van der Waals surface area contributed by atoms with Crippen LogP contribution in [0.15, 0.2) is 53.4 Å². The lowest BCUT2D eigenvalue weighted by Gasteiger charge is -2.09. The van der Waals surface area contributed by atoms with Gasteiger partial charge in [0, 0.05) is 17.3 Å². The number of rotatable bonds is 9. The van der Waals surface area contributed by atoms with Gasteiger partial charge in [0.1, 0.15) is 0 Å². The number of benzene rings is 2. The number of hydrogen-bond donors (Lipinski definition) is 2. The molecule has 0 aromatic heterocycles. The monoisotopic (exact) mass is 416 g/mol. The number of amides is 1. The predicted octanol–water partition coefficient (Wildman–Crippen LogP) is 3.34. The number of anilines is 1. The Kier molecular flexibility index (Phi) is 6.66. The summed E-state index contributed by atoms with van der Waals surface area (Å²) < 4.78 is 32.4. The molecule has 0 radical (unpaired) electrons. The smallest absolute Gasteiger partial charge is 0.338 e. The van der Waals surface area contributed by atoms with Gasteiger partial charge in [-0.25, -0.2) is 17.9 Å². The lowest BCUT2D eigenvalue weighted by atomic mass is 10.2. The van der Waals surface area contributed by atoms with E-state index in [1.807, 2.05) is 6.92 Å². The van der Waals surface area contributed by atoms with Crippen LogP contribution in [0.2, 0.25) is 0 Å². The van der Waals surface area contributed by atoms with Gasteiger partial charge in [-0.05, 0) is 61.7 Å². The summed E-state index contributed by atoms with van der Waals surface area (Å²) >= 11 is 0. The number of hydrogen-bond acceptors (Lipinski definition) is 5. The Balaban J connectivity index is 1.64. The van der Waals surface area contributed by atoms with Crippen molar-refractivity contribution < 1.29 is 22.7 Å². The van der Waals surface area contributed by atoms with E-state index in [9.17, 15) is 18.0 Å². The second-order valence-electron chi connectivity index (χ2n) is 6.94. The number of sulfonamides is 1. The molecule has 8 heteroatoms. The molecule has 154 valence electrons. The number of carbonyl (C=O) groups is 2. The lowest BCUT2D eigenvalue weighted by Crippen LogP contribution is -2.26. The van der Waals surface area contributed by atoms with Crippen LogP contribution in [0.4, 0.5) is 5.69 Å². The van der Waals surface area contributed by atoms with Crippen LogP contribution in [0.25, 0.3) is 0 Å². The number of esters is 1. The Morgan fingerprint density at radius 1 is 1.07 bits per heavy atom. The van der Waals surface area contributed by atoms with E-state index in [4.69, 9.17) is 4.74 Å². The van der Waals surface area contributed by atoms with Gasteiger partial charge in [0.25, 0.3) is 5.91 Å². The molecule has 1 saturated carbocycles. The topological polar surface area (TPSA) is 102 Å². The van der Waals surface area contributed by atoms with E-state index in [2.05, 4.69) is 10.0 Å². The number of carbonyl (C=O) groups excluding carboxylic acids is 2. The van der Waals surface area contributed by atoms with Crippen molar-refractivity contribution in [1.82, 2.24) is 4.72 Å². The van der Waals surface area contributed by atoms with E-state index in [-0.39, 0.29) is 16.5 Å². The highest BCUT2D eigenvalue weighted by Gasteiger charge is 2.28. The summed E-state index contributed by atoms with van der Waals surface area (Å²) in [6.45, 7) is 2.39. The largest absolute Gasteiger partial charge is 0.462 e. The minimum Gasteiger partial charge on any atom is -0.462 e. The Morgan fingerprint density at radius 2 is 1.79 bits per heavy atom. The minimum atomic E-state index is -3.63. The van der Waals surface area contributed by atoms with Gasteiger partial charge in [-0.3, -0.25) is 4.79 Å². The molecule has 7 nitrogen and oxygen atoms in total. The Bertz CT molecular complexity index is 982. The molecule has 3 rings (SSSR count). The zero-order valence-corrected chi connectivity index (χ0v) is 17.0. The first kappa shape index (κ1) is 21.0. The van der Waals surface area contributed by atoms with Crippen LogP contribution in [-0.2, 0) is 14.8 Å². The first-order valence-corrected chi connectivity index (χ1v) is 11.1. The third kappa shape index (κ3) is 5.88. The average Bonchev–Trinajstić information content (AvgIpc) is 3.52. The molecule has 0 aliphatic heterocycles. The highest BCUT2D eigenvalue weighted by Crippen LogP contribution is 2.22. The first-order valence-electron chi connectivity index (χ1n) is 9.60. The molecule has 0 bridgehead atoms. The Hall–Kier alpha value is -2.71. The second-order valence-corrected chi connectivity index (χ2v) is 8.66. The van der Waals surface area contributed by atoms with Crippen molar-refractivity contribution in [3.63, 3.8) is 0 Å². The van der Waals surface area contributed by atoms with Crippen molar-refractivity contribution in [1.29, 1.82) is 0 Å².